The molecule has 0 spiro atoms. The molecule has 3 rings (SSSR count). The van der Waals surface area contributed by atoms with Crippen molar-refractivity contribution in [1.82, 2.24) is 19.5 Å². The SMILES string of the molecule is Nc1nc2c(ncn2[C@@H]2C[C@H](CO)C[C@H]2O)c(=O)[nH]1. The van der Waals surface area contributed by atoms with E-state index in [0.717, 1.165) is 0 Å². The van der Waals surface area contributed by atoms with E-state index in [0.29, 0.717) is 18.5 Å². The van der Waals surface area contributed by atoms with Gasteiger partial charge in [0.1, 0.15) is 0 Å². The van der Waals surface area contributed by atoms with Gasteiger partial charge < -0.3 is 20.5 Å². The Labute approximate surface area is 107 Å². The molecule has 0 aliphatic heterocycles. The van der Waals surface area contributed by atoms with Gasteiger partial charge in [-0.2, -0.15) is 4.98 Å². The summed E-state index contributed by atoms with van der Waals surface area (Å²) in [6, 6.07) is -0.240. The Morgan fingerprint density at radius 3 is 3.00 bits per heavy atom. The van der Waals surface area contributed by atoms with Crippen LogP contribution in [0.1, 0.15) is 18.9 Å². The highest BCUT2D eigenvalue weighted by Crippen LogP contribution is 2.35. The first-order chi connectivity index (χ1) is 9.10. The highest BCUT2D eigenvalue weighted by molar-refractivity contribution is 5.70. The first-order valence-electron chi connectivity index (χ1n) is 6.11. The van der Waals surface area contributed by atoms with E-state index in [-0.39, 0.29) is 30.0 Å². The average Bonchev–Trinajstić information content (AvgIpc) is 2.92. The summed E-state index contributed by atoms with van der Waals surface area (Å²) in [5, 5.41) is 19.2. The number of rotatable bonds is 2. The van der Waals surface area contributed by atoms with Gasteiger partial charge in [0.05, 0.1) is 18.5 Å². The second kappa shape index (κ2) is 4.32. The molecule has 0 amide bonds. The van der Waals surface area contributed by atoms with Crippen molar-refractivity contribution in [3.63, 3.8) is 0 Å². The van der Waals surface area contributed by atoms with Gasteiger partial charge in [-0.1, -0.05) is 0 Å². The fraction of sp³-hybridized carbons (Fsp3) is 0.545. The van der Waals surface area contributed by atoms with E-state index in [1.165, 1.54) is 6.33 Å². The molecule has 1 fully saturated rings. The van der Waals surface area contributed by atoms with E-state index in [2.05, 4.69) is 15.0 Å². The zero-order valence-electron chi connectivity index (χ0n) is 10.2. The van der Waals surface area contributed by atoms with Crippen molar-refractivity contribution < 1.29 is 10.2 Å². The number of aromatic nitrogens is 4. The first kappa shape index (κ1) is 12.1. The predicted octanol–water partition coefficient (Wildman–Crippen LogP) is -0.994. The molecule has 3 atom stereocenters. The number of imidazole rings is 1. The zero-order valence-corrected chi connectivity index (χ0v) is 10.2. The number of aliphatic hydroxyl groups excluding tert-OH is 2. The van der Waals surface area contributed by atoms with E-state index < -0.39 is 11.7 Å². The summed E-state index contributed by atoms with van der Waals surface area (Å²) in [5.41, 5.74) is 5.70. The highest BCUT2D eigenvalue weighted by Gasteiger charge is 2.34. The molecule has 8 nitrogen and oxygen atoms in total. The zero-order chi connectivity index (χ0) is 13.6. The predicted molar refractivity (Wildman–Crippen MR) is 67.4 cm³/mol. The second-order valence-corrected chi connectivity index (χ2v) is 4.93. The third-order valence-corrected chi connectivity index (χ3v) is 3.66. The molecule has 2 heterocycles. The molecule has 8 heteroatoms. The topological polar surface area (TPSA) is 130 Å². The lowest BCUT2D eigenvalue weighted by Crippen LogP contribution is -2.19. The van der Waals surface area contributed by atoms with E-state index in [1.54, 1.807) is 4.57 Å². The van der Waals surface area contributed by atoms with Crippen molar-refractivity contribution in [3.05, 3.63) is 16.7 Å². The molecule has 1 aliphatic rings. The van der Waals surface area contributed by atoms with Gasteiger partial charge in [0.2, 0.25) is 5.95 Å². The molecule has 0 unspecified atom stereocenters. The van der Waals surface area contributed by atoms with Crippen LogP contribution in [0.5, 0.6) is 0 Å². The van der Waals surface area contributed by atoms with Crippen LogP contribution in [0.15, 0.2) is 11.1 Å². The summed E-state index contributed by atoms with van der Waals surface area (Å²) in [7, 11) is 0. The number of aromatic amines is 1. The summed E-state index contributed by atoms with van der Waals surface area (Å²) < 4.78 is 1.67. The number of nitrogen functional groups attached to an aromatic ring is 1. The van der Waals surface area contributed by atoms with Crippen LogP contribution < -0.4 is 11.3 Å². The van der Waals surface area contributed by atoms with Gasteiger partial charge >= 0.3 is 0 Å². The van der Waals surface area contributed by atoms with E-state index in [1.807, 2.05) is 0 Å². The average molecular weight is 265 g/mol. The molecule has 19 heavy (non-hydrogen) atoms. The number of H-pyrrole nitrogens is 1. The summed E-state index contributed by atoms with van der Waals surface area (Å²) >= 11 is 0. The maximum absolute atomic E-state index is 11.7. The van der Waals surface area contributed by atoms with Gasteiger partial charge in [0.25, 0.3) is 5.56 Å². The molecule has 0 saturated heterocycles. The first-order valence-corrected chi connectivity index (χ1v) is 6.11. The van der Waals surface area contributed by atoms with Crippen LogP contribution in [0.4, 0.5) is 5.95 Å². The minimum Gasteiger partial charge on any atom is -0.396 e. The van der Waals surface area contributed by atoms with E-state index in [4.69, 9.17) is 5.73 Å². The lowest BCUT2D eigenvalue weighted by atomic mass is 10.1. The minimum absolute atomic E-state index is 0.0189. The molecule has 2 aromatic heterocycles. The molecule has 0 radical (unpaired) electrons. The lowest BCUT2D eigenvalue weighted by molar-refractivity contribution is 0.132. The van der Waals surface area contributed by atoms with Crippen LogP contribution in [-0.2, 0) is 0 Å². The van der Waals surface area contributed by atoms with Gasteiger partial charge in [0.15, 0.2) is 11.2 Å². The Bertz CT molecular complexity index is 664. The molecule has 5 N–H and O–H groups in total. The number of anilines is 1. The fourth-order valence-electron chi connectivity index (χ4n) is 2.73. The number of fused-ring (bicyclic) bond motifs is 1. The van der Waals surface area contributed by atoms with Crippen LogP contribution in [0.25, 0.3) is 11.2 Å². The van der Waals surface area contributed by atoms with Crippen molar-refractivity contribution in [3.8, 4) is 0 Å². The second-order valence-electron chi connectivity index (χ2n) is 4.93. The van der Waals surface area contributed by atoms with Crippen molar-refractivity contribution in [2.24, 2.45) is 5.92 Å². The van der Waals surface area contributed by atoms with Crippen molar-refractivity contribution in [1.29, 1.82) is 0 Å². The van der Waals surface area contributed by atoms with Crippen molar-refractivity contribution >= 4 is 17.1 Å². The third-order valence-electron chi connectivity index (χ3n) is 3.66. The van der Waals surface area contributed by atoms with Gasteiger partial charge in [-0.25, -0.2) is 4.98 Å². The number of aliphatic hydroxyl groups is 2. The number of hydrogen-bond acceptors (Lipinski definition) is 6. The standard InChI is InChI=1S/C11H15N5O3/c12-11-14-9-8(10(19)15-11)13-4-16(9)6-1-5(3-17)2-7(6)18/h4-7,17-18H,1-3H2,(H3,12,14,15,19)/t5-,6+,7+/m0/s1. The van der Waals surface area contributed by atoms with Crippen molar-refractivity contribution in [2.45, 2.75) is 25.0 Å². The van der Waals surface area contributed by atoms with Gasteiger partial charge in [0, 0.05) is 6.61 Å². The maximum atomic E-state index is 11.7. The molecule has 2 aromatic rings. The molecule has 1 aliphatic carbocycles. The maximum Gasteiger partial charge on any atom is 0.280 e. The van der Waals surface area contributed by atoms with Crippen molar-refractivity contribution in [2.75, 3.05) is 12.3 Å². The summed E-state index contributed by atoms with van der Waals surface area (Å²) in [4.78, 5) is 22.1. The molecular formula is C11H15N5O3. The number of hydrogen-bond donors (Lipinski definition) is 4. The highest BCUT2D eigenvalue weighted by atomic mass is 16.3. The Balaban J connectivity index is 2.09. The number of nitrogens with one attached hydrogen (secondary N) is 1. The monoisotopic (exact) mass is 265 g/mol. The van der Waals surface area contributed by atoms with E-state index >= 15 is 0 Å². The van der Waals surface area contributed by atoms with E-state index in [9.17, 15) is 15.0 Å². The Kier molecular flexibility index (Phi) is 2.76. The Hall–Kier alpha value is -1.93. The third kappa shape index (κ3) is 1.89. The van der Waals surface area contributed by atoms with Crippen LogP contribution in [0, 0.1) is 5.92 Å². The molecule has 0 bridgehead atoms. The number of nitrogens with zero attached hydrogens (tertiary/aromatic N) is 3. The van der Waals surface area contributed by atoms with Gasteiger partial charge in [-0.05, 0) is 18.8 Å². The van der Waals surface area contributed by atoms with Crippen LogP contribution >= 0.6 is 0 Å². The molecular weight excluding hydrogens is 250 g/mol. The fourth-order valence-corrected chi connectivity index (χ4v) is 2.73. The normalized spacial score (nSPS) is 27.2. The van der Waals surface area contributed by atoms with Crippen LogP contribution in [-0.4, -0.2) is 42.4 Å². The lowest BCUT2D eigenvalue weighted by Gasteiger charge is -2.16. The quantitative estimate of drug-likeness (QED) is 0.551. The Morgan fingerprint density at radius 1 is 1.53 bits per heavy atom. The summed E-state index contributed by atoms with van der Waals surface area (Å²) in [6.07, 6.45) is 2.05. The largest absolute Gasteiger partial charge is 0.396 e. The number of nitrogens with two attached hydrogens (primary N) is 1. The minimum atomic E-state index is -0.586. The van der Waals surface area contributed by atoms with Crippen LogP contribution in [0.3, 0.4) is 0 Å². The summed E-state index contributed by atoms with van der Waals surface area (Å²) in [5.74, 6) is 0.0715. The molecule has 0 aromatic carbocycles. The van der Waals surface area contributed by atoms with Crippen LogP contribution in [0.2, 0.25) is 0 Å². The van der Waals surface area contributed by atoms with Gasteiger partial charge in [-0.3, -0.25) is 9.78 Å². The summed E-state index contributed by atoms with van der Waals surface area (Å²) in [6.45, 7) is 0.0380. The molecule has 102 valence electrons. The smallest absolute Gasteiger partial charge is 0.280 e. The van der Waals surface area contributed by atoms with Gasteiger partial charge in [-0.15, -0.1) is 0 Å². The Morgan fingerprint density at radius 2 is 2.32 bits per heavy atom. The molecule has 1 saturated carbocycles.